The van der Waals surface area contributed by atoms with Crippen LogP contribution < -0.4 is 10.6 Å². The maximum atomic E-state index is 12.9. The van der Waals surface area contributed by atoms with Crippen LogP contribution in [0, 0.1) is 0 Å². The van der Waals surface area contributed by atoms with Gasteiger partial charge in [0.25, 0.3) is 0 Å². The molecule has 1 atom stereocenters. The molecular weight excluding hydrogens is 510 g/mol. The van der Waals surface area contributed by atoms with Crippen molar-refractivity contribution in [3.05, 3.63) is 35.9 Å². The van der Waals surface area contributed by atoms with E-state index in [1.807, 2.05) is 42.2 Å². The summed E-state index contributed by atoms with van der Waals surface area (Å²) < 4.78 is 38.7. The number of carbonyl (C=O) groups excluding carboxylic acids is 1. The molecule has 1 amide bonds. The van der Waals surface area contributed by atoms with E-state index < -0.39 is 12.2 Å². The summed E-state index contributed by atoms with van der Waals surface area (Å²) in [6, 6.07) is 8.42. The molecule has 0 saturated carbocycles. The third-order valence-electron chi connectivity index (χ3n) is 4.92. The van der Waals surface area contributed by atoms with Gasteiger partial charge in [0.2, 0.25) is 5.91 Å². The molecule has 1 saturated heterocycles. The van der Waals surface area contributed by atoms with E-state index in [9.17, 15) is 18.0 Å². The van der Waals surface area contributed by atoms with Gasteiger partial charge in [0.15, 0.2) is 5.96 Å². The fraction of sp³-hybridized carbons (Fsp3) is 0.600. The summed E-state index contributed by atoms with van der Waals surface area (Å²) in [6.07, 6.45) is -3.48. The molecule has 1 fully saturated rings. The Hall–Kier alpha value is -1.56. The van der Waals surface area contributed by atoms with Gasteiger partial charge in [0, 0.05) is 39.3 Å². The lowest BCUT2D eigenvalue weighted by molar-refractivity contribution is -0.181. The number of guanidine groups is 1. The third-order valence-corrected chi connectivity index (χ3v) is 4.92. The van der Waals surface area contributed by atoms with Crippen molar-refractivity contribution in [2.75, 3.05) is 45.8 Å². The molecule has 6 nitrogen and oxygen atoms in total. The maximum Gasteiger partial charge on any atom is 0.403 e. The summed E-state index contributed by atoms with van der Waals surface area (Å²) in [4.78, 5) is 19.8. The SMILES string of the molecule is CCNC(=NCC(=O)NCCc1ccccc1)N1CCN(C(C)C(F)(F)F)CC1.I. The molecule has 1 unspecified atom stereocenters. The Kier molecular flexibility index (Phi) is 11.5. The van der Waals surface area contributed by atoms with Gasteiger partial charge in [-0.15, -0.1) is 24.0 Å². The zero-order valence-electron chi connectivity index (χ0n) is 17.4. The predicted octanol–water partition coefficient (Wildman–Crippen LogP) is 2.50. The molecule has 0 spiro atoms. The van der Waals surface area contributed by atoms with Crippen molar-refractivity contribution in [3.63, 3.8) is 0 Å². The Balaban J connectivity index is 0.00000450. The van der Waals surface area contributed by atoms with Crippen molar-refractivity contribution >= 4 is 35.8 Å². The van der Waals surface area contributed by atoms with Crippen LogP contribution in [0.1, 0.15) is 19.4 Å². The van der Waals surface area contributed by atoms with E-state index >= 15 is 0 Å². The van der Waals surface area contributed by atoms with Gasteiger partial charge in [0.05, 0.1) is 0 Å². The van der Waals surface area contributed by atoms with Crippen LogP contribution in [0.4, 0.5) is 13.2 Å². The summed E-state index contributed by atoms with van der Waals surface area (Å²) in [6.45, 7) is 5.70. The molecule has 0 radical (unpaired) electrons. The summed E-state index contributed by atoms with van der Waals surface area (Å²) in [5.74, 6) is 0.380. The minimum atomic E-state index is -4.22. The van der Waals surface area contributed by atoms with Gasteiger partial charge >= 0.3 is 6.18 Å². The van der Waals surface area contributed by atoms with Gasteiger partial charge in [-0.05, 0) is 25.8 Å². The van der Waals surface area contributed by atoms with Gasteiger partial charge in [-0.1, -0.05) is 30.3 Å². The van der Waals surface area contributed by atoms with Crippen molar-refractivity contribution in [2.24, 2.45) is 4.99 Å². The Morgan fingerprint density at radius 2 is 1.77 bits per heavy atom. The van der Waals surface area contributed by atoms with Crippen molar-refractivity contribution in [1.29, 1.82) is 0 Å². The van der Waals surface area contributed by atoms with Gasteiger partial charge in [0.1, 0.15) is 12.6 Å². The zero-order valence-corrected chi connectivity index (χ0v) is 19.7. The molecule has 1 heterocycles. The molecule has 0 aliphatic carbocycles. The second-order valence-corrected chi connectivity index (χ2v) is 7.00. The number of hydrogen-bond acceptors (Lipinski definition) is 3. The summed E-state index contributed by atoms with van der Waals surface area (Å²) in [5.41, 5.74) is 1.15. The highest BCUT2D eigenvalue weighted by Crippen LogP contribution is 2.25. The van der Waals surface area contributed by atoms with E-state index in [0.717, 1.165) is 12.0 Å². The number of rotatable bonds is 7. The van der Waals surface area contributed by atoms with Crippen LogP contribution in [-0.4, -0.2) is 79.7 Å². The second kappa shape index (κ2) is 13.0. The lowest BCUT2D eigenvalue weighted by Gasteiger charge is -2.39. The van der Waals surface area contributed by atoms with Crippen LogP contribution >= 0.6 is 24.0 Å². The number of nitrogens with one attached hydrogen (secondary N) is 2. The lowest BCUT2D eigenvalue weighted by Crippen LogP contribution is -2.56. The maximum absolute atomic E-state index is 12.9. The number of aliphatic imine (C=N–C) groups is 1. The molecule has 30 heavy (non-hydrogen) atoms. The number of alkyl halides is 3. The first kappa shape index (κ1) is 26.5. The highest BCUT2D eigenvalue weighted by molar-refractivity contribution is 14.0. The molecule has 170 valence electrons. The van der Waals surface area contributed by atoms with E-state index in [2.05, 4.69) is 15.6 Å². The van der Waals surface area contributed by atoms with E-state index in [0.29, 0.717) is 45.2 Å². The largest absolute Gasteiger partial charge is 0.403 e. The summed E-state index contributed by atoms with van der Waals surface area (Å²) >= 11 is 0. The van der Waals surface area contributed by atoms with Crippen molar-refractivity contribution in [1.82, 2.24) is 20.4 Å². The number of halogens is 4. The van der Waals surface area contributed by atoms with Crippen LogP contribution in [0.3, 0.4) is 0 Å². The first-order valence-corrected chi connectivity index (χ1v) is 9.96. The van der Waals surface area contributed by atoms with E-state index in [1.165, 1.54) is 11.8 Å². The highest BCUT2D eigenvalue weighted by atomic mass is 127. The zero-order chi connectivity index (χ0) is 21.3. The molecule has 1 aromatic rings. The average Bonchev–Trinajstić information content (AvgIpc) is 2.71. The average molecular weight is 541 g/mol. The second-order valence-electron chi connectivity index (χ2n) is 7.00. The molecule has 2 N–H and O–H groups in total. The Morgan fingerprint density at radius 3 is 2.33 bits per heavy atom. The van der Waals surface area contributed by atoms with E-state index in [-0.39, 0.29) is 36.4 Å². The Labute approximate surface area is 193 Å². The van der Waals surface area contributed by atoms with E-state index in [1.54, 1.807) is 0 Å². The van der Waals surface area contributed by atoms with Crippen molar-refractivity contribution in [2.45, 2.75) is 32.5 Å². The van der Waals surface area contributed by atoms with Crippen LogP contribution in [0.15, 0.2) is 35.3 Å². The first-order valence-electron chi connectivity index (χ1n) is 9.96. The lowest BCUT2D eigenvalue weighted by atomic mass is 10.1. The minimum Gasteiger partial charge on any atom is -0.357 e. The van der Waals surface area contributed by atoms with Crippen LogP contribution in [-0.2, 0) is 11.2 Å². The van der Waals surface area contributed by atoms with Crippen LogP contribution in [0.2, 0.25) is 0 Å². The van der Waals surface area contributed by atoms with Gasteiger partial charge < -0.3 is 15.5 Å². The van der Waals surface area contributed by atoms with E-state index in [4.69, 9.17) is 0 Å². The summed E-state index contributed by atoms with van der Waals surface area (Å²) in [5, 5.41) is 5.96. The normalized spacial score (nSPS) is 16.6. The topological polar surface area (TPSA) is 60.0 Å². The standard InChI is InChI=1S/C20H30F3N5O.HI/c1-3-24-19(28-13-11-27(12-14-28)16(2)20(21,22)23)26-15-18(29)25-10-9-17-7-5-4-6-8-17;/h4-8,16H,3,9-15H2,1-2H3,(H,24,26)(H,25,29);1H. The Bertz CT molecular complexity index is 664. The number of piperazine rings is 1. The molecular formula is C20H31F3IN5O. The molecule has 0 aromatic heterocycles. The summed E-state index contributed by atoms with van der Waals surface area (Å²) in [7, 11) is 0. The predicted molar refractivity (Wildman–Crippen MR) is 123 cm³/mol. The monoisotopic (exact) mass is 541 g/mol. The quantitative estimate of drug-likeness (QED) is 0.317. The number of carbonyl (C=O) groups is 1. The van der Waals surface area contributed by atoms with Gasteiger partial charge in [-0.25, -0.2) is 4.99 Å². The number of amides is 1. The number of nitrogens with zero attached hydrogens (tertiary/aromatic N) is 3. The number of hydrogen-bond donors (Lipinski definition) is 2. The molecule has 10 heteroatoms. The van der Waals surface area contributed by atoms with Crippen molar-refractivity contribution < 1.29 is 18.0 Å². The van der Waals surface area contributed by atoms with Crippen LogP contribution in [0.5, 0.6) is 0 Å². The van der Waals surface area contributed by atoms with Gasteiger partial charge in [-0.3, -0.25) is 9.69 Å². The number of benzene rings is 1. The third kappa shape index (κ3) is 8.66. The molecule has 0 bridgehead atoms. The van der Waals surface area contributed by atoms with Crippen molar-refractivity contribution in [3.8, 4) is 0 Å². The molecule has 1 aliphatic heterocycles. The smallest absolute Gasteiger partial charge is 0.357 e. The minimum absolute atomic E-state index is 0. The molecule has 1 aromatic carbocycles. The molecule has 1 aliphatic rings. The first-order chi connectivity index (χ1) is 13.8. The van der Waals surface area contributed by atoms with Crippen LogP contribution in [0.25, 0.3) is 0 Å². The fourth-order valence-electron chi connectivity index (χ4n) is 3.15. The van der Waals surface area contributed by atoms with Gasteiger partial charge in [-0.2, -0.15) is 13.2 Å². The Morgan fingerprint density at radius 1 is 1.13 bits per heavy atom. The highest BCUT2D eigenvalue weighted by Gasteiger charge is 2.41. The molecule has 2 rings (SSSR count). The fourth-order valence-corrected chi connectivity index (χ4v) is 3.15.